The predicted octanol–water partition coefficient (Wildman–Crippen LogP) is 2.41. The van der Waals surface area contributed by atoms with E-state index in [4.69, 9.17) is 0 Å². The van der Waals surface area contributed by atoms with Crippen LogP contribution >= 0.6 is 0 Å². The Hall–Kier alpha value is -2.05. The molecule has 134 valence electrons. The molecule has 2 aromatic rings. The van der Waals surface area contributed by atoms with E-state index in [-0.39, 0.29) is 6.04 Å². The van der Waals surface area contributed by atoms with Crippen LogP contribution in [0.25, 0.3) is 0 Å². The van der Waals surface area contributed by atoms with Gasteiger partial charge in [-0.25, -0.2) is 13.1 Å². The van der Waals surface area contributed by atoms with Gasteiger partial charge in [0, 0.05) is 38.6 Å². The van der Waals surface area contributed by atoms with E-state index in [2.05, 4.69) is 57.0 Å². The molecule has 1 heterocycles. The summed E-state index contributed by atoms with van der Waals surface area (Å²) in [6.45, 7) is 1.25. The predicted molar refractivity (Wildman–Crippen MR) is 104 cm³/mol. The van der Waals surface area contributed by atoms with Crippen LogP contribution in [0.15, 0.2) is 48.5 Å². The highest BCUT2D eigenvalue weighted by molar-refractivity contribution is 7.88. The van der Waals surface area contributed by atoms with E-state index in [0.717, 1.165) is 24.2 Å². The van der Waals surface area contributed by atoms with Crippen molar-refractivity contribution >= 4 is 21.4 Å². The molecule has 6 heteroatoms. The van der Waals surface area contributed by atoms with Gasteiger partial charge in [-0.15, -0.1) is 0 Å². The summed E-state index contributed by atoms with van der Waals surface area (Å²) < 4.78 is 26.0. The van der Waals surface area contributed by atoms with Crippen molar-refractivity contribution in [1.82, 2.24) is 4.72 Å². The van der Waals surface area contributed by atoms with Crippen molar-refractivity contribution in [2.45, 2.75) is 12.5 Å². The van der Waals surface area contributed by atoms with Gasteiger partial charge in [0.1, 0.15) is 0 Å². The number of rotatable bonds is 6. The van der Waals surface area contributed by atoms with E-state index in [9.17, 15) is 8.42 Å². The van der Waals surface area contributed by atoms with Crippen molar-refractivity contribution in [3.8, 4) is 0 Å². The quantitative estimate of drug-likeness (QED) is 0.861. The molecule has 25 heavy (non-hydrogen) atoms. The van der Waals surface area contributed by atoms with Gasteiger partial charge in [0.2, 0.25) is 10.0 Å². The fourth-order valence-corrected chi connectivity index (χ4v) is 3.78. The maximum atomic E-state index is 11.6. The van der Waals surface area contributed by atoms with Crippen LogP contribution in [0.2, 0.25) is 0 Å². The first kappa shape index (κ1) is 17.8. The van der Waals surface area contributed by atoms with Crippen LogP contribution in [0, 0.1) is 0 Å². The zero-order valence-corrected chi connectivity index (χ0v) is 15.8. The van der Waals surface area contributed by atoms with E-state index < -0.39 is 10.0 Å². The minimum atomic E-state index is -3.24. The number of sulfonamides is 1. The topological polar surface area (TPSA) is 52.7 Å². The zero-order valence-electron chi connectivity index (χ0n) is 14.9. The summed E-state index contributed by atoms with van der Waals surface area (Å²) in [5.41, 5.74) is 4.75. The monoisotopic (exact) mass is 359 g/mol. The molecule has 0 saturated heterocycles. The fraction of sp³-hybridized carbons (Fsp3) is 0.368. The van der Waals surface area contributed by atoms with Crippen LogP contribution in [-0.2, 0) is 16.4 Å². The SMILES string of the molecule is CN(C)c1ccc([C@@H](CNS(C)(=O)=O)N2CCc3ccccc32)cc1. The highest BCUT2D eigenvalue weighted by Crippen LogP contribution is 2.35. The molecule has 0 aromatic heterocycles. The number of benzene rings is 2. The summed E-state index contributed by atoms with van der Waals surface area (Å²) in [6.07, 6.45) is 2.19. The largest absolute Gasteiger partial charge is 0.378 e. The third kappa shape index (κ3) is 4.14. The Morgan fingerprint density at radius 1 is 1.12 bits per heavy atom. The molecule has 1 N–H and O–H groups in total. The smallest absolute Gasteiger partial charge is 0.208 e. The number of para-hydroxylation sites is 1. The highest BCUT2D eigenvalue weighted by Gasteiger charge is 2.27. The summed E-state index contributed by atoms with van der Waals surface area (Å²) >= 11 is 0. The van der Waals surface area contributed by atoms with Gasteiger partial charge in [0.15, 0.2) is 0 Å². The van der Waals surface area contributed by atoms with Crippen LogP contribution in [0.1, 0.15) is 17.2 Å². The first-order chi connectivity index (χ1) is 11.8. The lowest BCUT2D eigenvalue weighted by Crippen LogP contribution is -2.37. The molecule has 1 atom stereocenters. The number of anilines is 2. The maximum absolute atomic E-state index is 11.6. The molecule has 0 aliphatic carbocycles. The zero-order chi connectivity index (χ0) is 18.0. The van der Waals surface area contributed by atoms with Gasteiger partial charge in [-0.1, -0.05) is 30.3 Å². The summed E-state index contributed by atoms with van der Waals surface area (Å²) in [5.74, 6) is 0. The maximum Gasteiger partial charge on any atom is 0.208 e. The molecule has 0 bridgehead atoms. The van der Waals surface area contributed by atoms with Gasteiger partial charge < -0.3 is 9.80 Å². The summed E-state index contributed by atoms with van der Waals surface area (Å²) in [7, 11) is 0.776. The lowest BCUT2D eigenvalue weighted by atomic mass is 10.0. The summed E-state index contributed by atoms with van der Waals surface area (Å²) in [5, 5.41) is 0. The fourth-order valence-electron chi connectivity index (χ4n) is 3.32. The molecule has 0 unspecified atom stereocenters. The molecule has 1 aliphatic rings. The number of hydrogen-bond acceptors (Lipinski definition) is 4. The van der Waals surface area contributed by atoms with Crippen molar-refractivity contribution < 1.29 is 8.42 Å². The second kappa shape index (κ2) is 7.06. The van der Waals surface area contributed by atoms with Crippen molar-refractivity contribution in [3.05, 3.63) is 59.7 Å². The second-order valence-corrected chi connectivity index (χ2v) is 8.53. The summed E-state index contributed by atoms with van der Waals surface area (Å²) in [4.78, 5) is 4.36. The Morgan fingerprint density at radius 3 is 2.44 bits per heavy atom. The van der Waals surface area contributed by atoms with Crippen LogP contribution in [0.4, 0.5) is 11.4 Å². The van der Waals surface area contributed by atoms with Gasteiger partial charge in [-0.2, -0.15) is 0 Å². The van der Waals surface area contributed by atoms with Crippen LogP contribution in [0.5, 0.6) is 0 Å². The lowest BCUT2D eigenvalue weighted by molar-refractivity contribution is 0.568. The normalized spacial score (nSPS) is 15.1. The standard InChI is InChI=1S/C19H25N3O2S/c1-21(2)17-10-8-16(9-11-17)19(14-20-25(3,23)24)22-13-12-15-6-4-5-7-18(15)22/h4-11,19-20H,12-14H2,1-3H3/t19-/m1/s1. The van der Waals surface area contributed by atoms with Gasteiger partial charge in [0.25, 0.3) is 0 Å². The number of nitrogens with zero attached hydrogens (tertiary/aromatic N) is 2. The number of hydrogen-bond donors (Lipinski definition) is 1. The average Bonchev–Trinajstić information content (AvgIpc) is 2.99. The van der Waals surface area contributed by atoms with Crippen molar-refractivity contribution in [2.75, 3.05) is 43.2 Å². The molecule has 2 aromatic carbocycles. The third-order valence-electron chi connectivity index (χ3n) is 4.63. The van der Waals surface area contributed by atoms with E-state index >= 15 is 0 Å². The van der Waals surface area contributed by atoms with Gasteiger partial charge in [-0.3, -0.25) is 0 Å². The molecular formula is C19H25N3O2S. The molecule has 5 nitrogen and oxygen atoms in total. The van der Waals surface area contributed by atoms with Crippen LogP contribution in [-0.4, -0.2) is 41.9 Å². The number of nitrogens with one attached hydrogen (secondary N) is 1. The van der Waals surface area contributed by atoms with Gasteiger partial charge in [0.05, 0.1) is 12.3 Å². The van der Waals surface area contributed by atoms with E-state index in [1.165, 1.54) is 17.5 Å². The Bertz CT molecular complexity index is 832. The molecule has 0 fully saturated rings. The van der Waals surface area contributed by atoms with Crippen LogP contribution < -0.4 is 14.5 Å². The molecule has 0 radical (unpaired) electrons. The number of fused-ring (bicyclic) bond motifs is 1. The molecule has 0 spiro atoms. The Labute approximate surface area is 150 Å². The Kier molecular flexibility index (Phi) is 5.01. The first-order valence-corrected chi connectivity index (χ1v) is 10.3. The van der Waals surface area contributed by atoms with Gasteiger partial charge in [-0.05, 0) is 35.7 Å². The molecule has 1 aliphatic heterocycles. The van der Waals surface area contributed by atoms with E-state index in [1.54, 1.807) is 0 Å². The van der Waals surface area contributed by atoms with Crippen molar-refractivity contribution in [2.24, 2.45) is 0 Å². The minimum Gasteiger partial charge on any atom is -0.378 e. The Morgan fingerprint density at radius 2 is 1.80 bits per heavy atom. The summed E-state index contributed by atoms with van der Waals surface area (Å²) in [6, 6.07) is 16.6. The third-order valence-corrected chi connectivity index (χ3v) is 5.32. The molecule has 0 amide bonds. The Balaban J connectivity index is 1.93. The molecular weight excluding hydrogens is 334 g/mol. The van der Waals surface area contributed by atoms with E-state index in [1.807, 2.05) is 20.2 Å². The van der Waals surface area contributed by atoms with Gasteiger partial charge >= 0.3 is 0 Å². The molecule has 0 saturated carbocycles. The average molecular weight is 359 g/mol. The lowest BCUT2D eigenvalue weighted by Gasteiger charge is -2.31. The van der Waals surface area contributed by atoms with Crippen LogP contribution in [0.3, 0.4) is 0 Å². The van der Waals surface area contributed by atoms with E-state index in [0.29, 0.717) is 6.54 Å². The minimum absolute atomic E-state index is 0.0328. The second-order valence-electron chi connectivity index (χ2n) is 6.69. The molecule has 3 rings (SSSR count). The van der Waals surface area contributed by atoms with Crippen molar-refractivity contribution in [3.63, 3.8) is 0 Å². The first-order valence-electron chi connectivity index (χ1n) is 8.41. The highest BCUT2D eigenvalue weighted by atomic mass is 32.2. The van der Waals surface area contributed by atoms with Crippen molar-refractivity contribution in [1.29, 1.82) is 0 Å².